The standard InChI is InChI=1S/C12H22N2S/c1-4-6-7-11(5-2)13-8-12-14-10(3)9-15-12/h9,11,13H,4-8H2,1-3H3. The number of aryl methyl sites for hydroxylation is 1. The minimum absolute atomic E-state index is 0.661. The Morgan fingerprint density at radius 3 is 2.80 bits per heavy atom. The Hall–Kier alpha value is -0.410. The zero-order chi connectivity index (χ0) is 11.1. The van der Waals surface area contributed by atoms with Gasteiger partial charge in [0.25, 0.3) is 0 Å². The maximum absolute atomic E-state index is 4.45. The average Bonchev–Trinajstić information content (AvgIpc) is 2.65. The molecule has 1 aromatic rings. The van der Waals surface area contributed by atoms with Gasteiger partial charge in [0.2, 0.25) is 0 Å². The molecule has 0 saturated heterocycles. The lowest BCUT2D eigenvalue weighted by molar-refractivity contribution is 0.451. The molecule has 0 aliphatic heterocycles. The molecule has 0 radical (unpaired) electrons. The summed E-state index contributed by atoms with van der Waals surface area (Å²) in [4.78, 5) is 4.45. The maximum Gasteiger partial charge on any atom is 0.107 e. The summed E-state index contributed by atoms with van der Waals surface area (Å²) in [5.74, 6) is 0. The van der Waals surface area contributed by atoms with E-state index in [4.69, 9.17) is 0 Å². The first kappa shape index (κ1) is 12.7. The highest BCUT2D eigenvalue weighted by Crippen LogP contribution is 2.10. The molecule has 0 amide bonds. The topological polar surface area (TPSA) is 24.9 Å². The van der Waals surface area contributed by atoms with E-state index in [0.29, 0.717) is 6.04 Å². The van der Waals surface area contributed by atoms with Crippen molar-refractivity contribution in [2.75, 3.05) is 0 Å². The Balaban J connectivity index is 2.27. The largest absolute Gasteiger partial charge is 0.308 e. The van der Waals surface area contributed by atoms with Crippen LogP contribution in [0, 0.1) is 6.92 Å². The molecule has 0 aliphatic carbocycles. The van der Waals surface area contributed by atoms with Gasteiger partial charge >= 0.3 is 0 Å². The fraction of sp³-hybridized carbons (Fsp3) is 0.750. The molecular weight excluding hydrogens is 204 g/mol. The second-order valence-electron chi connectivity index (χ2n) is 4.01. The molecule has 1 N–H and O–H groups in total. The highest BCUT2D eigenvalue weighted by molar-refractivity contribution is 7.09. The molecular formula is C12H22N2S. The highest BCUT2D eigenvalue weighted by atomic mass is 32.1. The predicted octanol–water partition coefficient (Wildman–Crippen LogP) is 3.51. The van der Waals surface area contributed by atoms with Gasteiger partial charge in [-0.1, -0.05) is 26.7 Å². The van der Waals surface area contributed by atoms with Crippen LogP contribution in [0.2, 0.25) is 0 Å². The van der Waals surface area contributed by atoms with Crippen LogP contribution in [-0.2, 0) is 6.54 Å². The maximum atomic E-state index is 4.45. The zero-order valence-corrected chi connectivity index (χ0v) is 10.9. The molecule has 0 aliphatic rings. The molecule has 3 heteroatoms. The van der Waals surface area contributed by atoms with Gasteiger partial charge in [0.05, 0.1) is 0 Å². The van der Waals surface area contributed by atoms with E-state index >= 15 is 0 Å². The molecule has 86 valence electrons. The van der Waals surface area contributed by atoms with E-state index in [2.05, 4.69) is 29.5 Å². The molecule has 1 rings (SSSR count). The van der Waals surface area contributed by atoms with Gasteiger partial charge in [0.1, 0.15) is 5.01 Å². The zero-order valence-electron chi connectivity index (χ0n) is 10.0. The normalized spacial score (nSPS) is 13.0. The van der Waals surface area contributed by atoms with Gasteiger partial charge in [-0.2, -0.15) is 0 Å². The van der Waals surface area contributed by atoms with Crippen LogP contribution in [0.5, 0.6) is 0 Å². The molecule has 0 aromatic carbocycles. The number of hydrogen-bond donors (Lipinski definition) is 1. The Kier molecular flexibility index (Phi) is 5.88. The second-order valence-corrected chi connectivity index (χ2v) is 4.95. The molecule has 1 heterocycles. The lowest BCUT2D eigenvalue weighted by Gasteiger charge is -2.15. The van der Waals surface area contributed by atoms with E-state index in [-0.39, 0.29) is 0 Å². The van der Waals surface area contributed by atoms with E-state index < -0.39 is 0 Å². The Morgan fingerprint density at radius 2 is 2.27 bits per heavy atom. The van der Waals surface area contributed by atoms with Crippen molar-refractivity contribution in [1.29, 1.82) is 0 Å². The summed E-state index contributed by atoms with van der Waals surface area (Å²) in [7, 11) is 0. The molecule has 1 unspecified atom stereocenters. The molecule has 15 heavy (non-hydrogen) atoms. The lowest BCUT2D eigenvalue weighted by Crippen LogP contribution is -2.27. The van der Waals surface area contributed by atoms with Crippen LogP contribution < -0.4 is 5.32 Å². The van der Waals surface area contributed by atoms with Crippen LogP contribution in [-0.4, -0.2) is 11.0 Å². The third-order valence-electron chi connectivity index (χ3n) is 2.61. The van der Waals surface area contributed by atoms with E-state index in [1.165, 1.54) is 30.7 Å². The fourth-order valence-electron chi connectivity index (χ4n) is 1.62. The van der Waals surface area contributed by atoms with Gasteiger partial charge in [-0.25, -0.2) is 4.98 Å². The highest BCUT2D eigenvalue weighted by Gasteiger charge is 2.06. The Bertz CT molecular complexity index is 270. The van der Waals surface area contributed by atoms with Crippen LogP contribution in [0.4, 0.5) is 0 Å². The number of thiazole rings is 1. The summed E-state index contributed by atoms with van der Waals surface area (Å²) in [6.07, 6.45) is 5.11. The van der Waals surface area contributed by atoms with Crippen LogP contribution in [0.25, 0.3) is 0 Å². The number of nitrogens with one attached hydrogen (secondary N) is 1. The Morgan fingerprint density at radius 1 is 1.47 bits per heavy atom. The number of rotatable bonds is 7. The third kappa shape index (κ3) is 4.76. The minimum atomic E-state index is 0.661. The predicted molar refractivity (Wildman–Crippen MR) is 67.3 cm³/mol. The fourth-order valence-corrected chi connectivity index (χ4v) is 2.34. The summed E-state index contributed by atoms with van der Waals surface area (Å²) < 4.78 is 0. The summed E-state index contributed by atoms with van der Waals surface area (Å²) in [6.45, 7) is 7.48. The third-order valence-corrected chi connectivity index (χ3v) is 3.57. The number of unbranched alkanes of at least 4 members (excludes halogenated alkanes) is 1. The summed E-state index contributed by atoms with van der Waals surface area (Å²) >= 11 is 1.75. The first-order valence-electron chi connectivity index (χ1n) is 5.90. The van der Waals surface area contributed by atoms with E-state index in [0.717, 1.165) is 12.2 Å². The van der Waals surface area contributed by atoms with Crippen LogP contribution in [0.15, 0.2) is 5.38 Å². The van der Waals surface area contributed by atoms with Gasteiger partial charge in [0.15, 0.2) is 0 Å². The molecule has 2 nitrogen and oxygen atoms in total. The SMILES string of the molecule is CCCCC(CC)NCc1nc(C)cs1. The van der Waals surface area contributed by atoms with Crippen molar-refractivity contribution in [2.45, 2.75) is 59.0 Å². The summed E-state index contributed by atoms with van der Waals surface area (Å²) in [5, 5.41) is 6.91. The van der Waals surface area contributed by atoms with E-state index in [9.17, 15) is 0 Å². The molecule has 0 bridgehead atoms. The smallest absolute Gasteiger partial charge is 0.107 e. The summed E-state index contributed by atoms with van der Waals surface area (Å²) in [6, 6.07) is 0.661. The van der Waals surface area contributed by atoms with Crippen LogP contribution >= 0.6 is 11.3 Å². The first-order chi connectivity index (χ1) is 7.26. The quantitative estimate of drug-likeness (QED) is 0.769. The minimum Gasteiger partial charge on any atom is -0.308 e. The van der Waals surface area contributed by atoms with Crippen LogP contribution in [0.3, 0.4) is 0 Å². The van der Waals surface area contributed by atoms with E-state index in [1.54, 1.807) is 11.3 Å². The van der Waals surface area contributed by atoms with E-state index in [1.807, 2.05) is 6.92 Å². The molecule has 0 spiro atoms. The summed E-state index contributed by atoms with van der Waals surface area (Å²) in [5.41, 5.74) is 1.14. The number of aromatic nitrogens is 1. The average molecular weight is 226 g/mol. The van der Waals surface area contributed by atoms with Crippen molar-refractivity contribution < 1.29 is 0 Å². The Labute approximate surface area is 97.1 Å². The van der Waals surface area contributed by atoms with Gasteiger partial charge in [-0.15, -0.1) is 11.3 Å². The van der Waals surface area contributed by atoms with Crippen molar-refractivity contribution >= 4 is 11.3 Å². The number of nitrogens with zero attached hydrogens (tertiary/aromatic N) is 1. The van der Waals surface area contributed by atoms with Crippen molar-refractivity contribution in [3.05, 3.63) is 16.1 Å². The van der Waals surface area contributed by atoms with Crippen molar-refractivity contribution in [3.8, 4) is 0 Å². The van der Waals surface area contributed by atoms with Crippen molar-refractivity contribution in [1.82, 2.24) is 10.3 Å². The monoisotopic (exact) mass is 226 g/mol. The van der Waals surface area contributed by atoms with Gasteiger partial charge in [0, 0.05) is 23.7 Å². The first-order valence-corrected chi connectivity index (χ1v) is 6.78. The second kappa shape index (κ2) is 6.96. The molecule has 0 saturated carbocycles. The van der Waals surface area contributed by atoms with Gasteiger partial charge < -0.3 is 5.32 Å². The van der Waals surface area contributed by atoms with Gasteiger partial charge in [-0.05, 0) is 19.8 Å². The van der Waals surface area contributed by atoms with Crippen LogP contribution in [0.1, 0.15) is 50.2 Å². The van der Waals surface area contributed by atoms with Crippen molar-refractivity contribution in [2.24, 2.45) is 0 Å². The molecule has 0 fully saturated rings. The molecule has 1 atom stereocenters. The van der Waals surface area contributed by atoms with Gasteiger partial charge in [-0.3, -0.25) is 0 Å². The molecule has 1 aromatic heterocycles. The lowest BCUT2D eigenvalue weighted by atomic mass is 10.1. The van der Waals surface area contributed by atoms with Crippen molar-refractivity contribution in [3.63, 3.8) is 0 Å². The number of hydrogen-bond acceptors (Lipinski definition) is 3.